The number of thioether (sulfide) groups is 1. The highest BCUT2D eigenvalue weighted by atomic mass is 32.2. The number of hydrogen-bond donors (Lipinski definition) is 0. The van der Waals surface area contributed by atoms with Gasteiger partial charge in [0.1, 0.15) is 5.76 Å². The summed E-state index contributed by atoms with van der Waals surface area (Å²) in [4.78, 5) is 27.7. The lowest BCUT2D eigenvalue weighted by atomic mass is 10.1. The van der Waals surface area contributed by atoms with Gasteiger partial charge < -0.3 is 14.2 Å². The first-order chi connectivity index (χ1) is 10.1. The molecule has 2 fully saturated rings. The summed E-state index contributed by atoms with van der Waals surface area (Å²) in [5.74, 6) is 1.95. The molecule has 1 aromatic rings. The molecule has 3 rings (SSSR count). The molecule has 0 bridgehead atoms. The van der Waals surface area contributed by atoms with Gasteiger partial charge in [0.2, 0.25) is 11.8 Å². The van der Waals surface area contributed by atoms with Crippen molar-refractivity contribution in [3.63, 3.8) is 0 Å². The molecule has 114 valence electrons. The van der Waals surface area contributed by atoms with Gasteiger partial charge in [-0.15, -0.1) is 11.8 Å². The first-order valence-electron chi connectivity index (χ1n) is 7.33. The van der Waals surface area contributed by atoms with Gasteiger partial charge in [0.15, 0.2) is 0 Å². The zero-order valence-corrected chi connectivity index (χ0v) is 13.0. The molecule has 2 aliphatic heterocycles. The fourth-order valence-corrected chi connectivity index (χ4v) is 4.16. The number of likely N-dealkylation sites (tertiary alicyclic amines) is 1. The third kappa shape index (κ3) is 3.10. The third-order valence-electron chi connectivity index (χ3n) is 4.20. The minimum absolute atomic E-state index is 0.0750. The summed E-state index contributed by atoms with van der Waals surface area (Å²) < 4.78 is 5.48. The van der Waals surface area contributed by atoms with Gasteiger partial charge in [0.25, 0.3) is 0 Å². The van der Waals surface area contributed by atoms with Crippen LogP contribution >= 0.6 is 11.8 Å². The Labute approximate surface area is 128 Å². The van der Waals surface area contributed by atoms with Gasteiger partial charge in [-0.3, -0.25) is 9.59 Å². The van der Waals surface area contributed by atoms with Gasteiger partial charge in [0, 0.05) is 38.9 Å². The van der Waals surface area contributed by atoms with Crippen molar-refractivity contribution in [2.45, 2.75) is 18.1 Å². The summed E-state index contributed by atoms with van der Waals surface area (Å²) >= 11 is 1.84. The Kier molecular flexibility index (Phi) is 4.24. The maximum Gasteiger partial charge on any atom is 0.228 e. The van der Waals surface area contributed by atoms with Crippen molar-refractivity contribution < 1.29 is 14.0 Å². The summed E-state index contributed by atoms with van der Waals surface area (Å²) in [6.07, 6.45) is 2.96. The summed E-state index contributed by atoms with van der Waals surface area (Å²) in [5.41, 5.74) is 0. The molecule has 2 atom stereocenters. The maximum atomic E-state index is 12.6. The Hall–Kier alpha value is -1.43. The van der Waals surface area contributed by atoms with Crippen LogP contribution in [-0.4, -0.2) is 54.0 Å². The number of carbonyl (C=O) groups excluding carboxylic acids is 2. The van der Waals surface area contributed by atoms with Crippen molar-refractivity contribution in [2.75, 3.05) is 32.4 Å². The molecular weight excluding hydrogens is 288 g/mol. The second-order valence-corrected chi connectivity index (χ2v) is 6.97. The number of nitrogens with zero attached hydrogens (tertiary/aromatic N) is 2. The third-order valence-corrected chi connectivity index (χ3v) is 5.49. The van der Waals surface area contributed by atoms with Crippen LogP contribution in [0, 0.1) is 5.92 Å². The molecule has 0 aliphatic carbocycles. The average molecular weight is 308 g/mol. The minimum atomic E-state index is -0.160. The molecule has 2 aliphatic rings. The number of furan rings is 1. The van der Waals surface area contributed by atoms with E-state index in [2.05, 4.69) is 0 Å². The molecule has 0 aromatic carbocycles. The highest BCUT2D eigenvalue weighted by Crippen LogP contribution is 2.35. The molecule has 0 saturated carbocycles. The molecule has 5 nitrogen and oxygen atoms in total. The van der Waals surface area contributed by atoms with E-state index in [9.17, 15) is 9.59 Å². The Morgan fingerprint density at radius 3 is 2.95 bits per heavy atom. The topological polar surface area (TPSA) is 53.8 Å². The maximum absolute atomic E-state index is 12.6. The normalized spacial score (nSPS) is 27.0. The number of rotatable bonds is 2. The molecule has 2 saturated heterocycles. The second kappa shape index (κ2) is 6.13. The lowest BCUT2D eigenvalue weighted by Gasteiger charge is -2.23. The van der Waals surface area contributed by atoms with E-state index in [-0.39, 0.29) is 17.7 Å². The molecular formula is C15H20N2O3S. The van der Waals surface area contributed by atoms with Crippen molar-refractivity contribution in [2.24, 2.45) is 5.92 Å². The fourth-order valence-electron chi connectivity index (χ4n) is 2.98. The lowest BCUT2D eigenvalue weighted by molar-refractivity contribution is -0.135. The van der Waals surface area contributed by atoms with Crippen LogP contribution in [0.15, 0.2) is 22.8 Å². The molecule has 0 spiro atoms. The largest absolute Gasteiger partial charge is 0.468 e. The smallest absolute Gasteiger partial charge is 0.228 e. The van der Waals surface area contributed by atoms with Crippen molar-refractivity contribution >= 4 is 23.6 Å². The van der Waals surface area contributed by atoms with E-state index in [0.717, 1.165) is 31.0 Å². The molecule has 6 heteroatoms. The van der Waals surface area contributed by atoms with Crippen LogP contribution in [-0.2, 0) is 9.59 Å². The van der Waals surface area contributed by atoms with Crippen LogP contribution < -0.4 is 0 Å². The predicted molar refractivity (Wildman–Crippen MR) is 80.8 cm³/mol. The van der Waals surface area contributed by atoms with Crippen LogP contribution in [0.2, 0.25) is 0 Å². The quantitative estimate of drug-likeness (QED) is 0.835. The van der Waals surface area contributed by atoms with E-state index < -0.39 is 0 Å². The highest BCUT2D eigenvalue weighted by molar-refractivity contribution is 7.99. The first kappa shape index (κ1) is 14.5. The van der Waals surface area contributed by atoms with Crippen LogP contribution in [0.3, 0.4) is 0 Å². The fraction of sp³-hybridized carbons (Fsp3) is 0.600. The van der Waals surface area contributed by atoms with Crippen LogP contribution in [0.4, 0.5) is 0 Å². The van der Waals surface area contributed by atoms with Crippen LogP contribution in [0.1, 0.15) is 23.9 Å². The summed E-state index contributed by atoms with van der Waals surface area (Å²) in [6, 6.07) is 3.91. The molecule has 0 N–H and O–H groups in total. The molecule has 21 heavy (non-hydrogen) atoms. The molecule has 3 heterocycles. The van der Waals surface area contributed by atoms with E-state index >= 15 is 0 Å². The summed E-state index contributed by atoms with van der Waals surface area (Å²) in [7, 11) is 1.76. The zero-order chi connectivity index (χ0) is 14.8. The minimum Gasteiger partial charge on any atom is -0.468 e. The van der Waals surface area contributed by atoms with Crippen molar-refractivity contribution in [3.8, 4) is 0 Å². The summed E-state index contributed by atoms with van der Waals surface area (Å²) in [6.45, 7) is 2.06. The Bertz CT molecular complexity index is 517. The van der Waals surface area contributed by atoms with E-state index in [1.807, 2.05) is 28.8 Å². The Morgan fingerprint density at radius 1 is 1.43 bits per heavy atom. The van der Waals surface area contributed by atoms with Crippen LogP contribution in [0.5, 0.6) is 0 Å². The molecule has 2 unspecified atom stereocenters. The average Bonchev–Trinajstić information content (AvgIpc) is 3.04. The molecule has 2 amide bonds. The van der Waals surface area contributed by atoms with Crippen LogP contribution in [0.25, 0.3) is 0 Å². The Morgan fingerprint density at radius 2 is 2.29 bits per heavy atom. The van der Waals surface area contributed by atoms with E-state index in [0.29, 0.717) is 18.2 Å². The van der Waals surface area contributed by atoms with Gasteiger partial charge in [-0.05, 0) is 18.6 Å². The van der Waals surface area contributed by atoms with Crippen molar-refractivity contribution in [1.29, 1.82) is 0 Å². The zero-order valence-electron chi connectivity index (χ0n) is 12.2. The predicted octanol–water partition coefficient (Wildman–Crippen LogP) is 1.76. The SMILES string of the molecule is CN1CC(C(=O)N2CCSC(c3ccco3)CC2)CC1=O. The van der Waals surface area contributed by atoms with E-state index in [1.165, 1.54) is 0 Å². The number of carbonyl (C=O) groups is 2. The monoisotopic (exact) mass is 308 g/mol. The van der Waals surface area contributed by atoms with Gasteiger partial charge >= 0.3 is 0 Å². The molecule has 0 radical (unpaired) electrons. The second-order valence-electron chi connectivity index (χ2n) is 5.66. The lowest BCUT2D eigenvalue weighted by Crippen LogP contribution is -2.38. The standard InChI is InChI=1S/C15H20N2O3S/c1-16-10-11(9-14(16)18)15(19)17-5-4-13(21-8-6-17)12-3-2-7-20-12/h2-3,7,11,13H,4-6,8-10H2,1H3. The Balaban J connectivity index is 1.60. The van der Waals surface area contributed by atoms with Gasteiger partial charge in [-0.2, -0.15) is 0 Å². The summed E-state index contributed by atoms with van der Waals surface area (Å²) in [5, 5.41) is 0.325. The van der Waals surface area contributed by atoms with Gasteiger partial charge in [-0.1, -0.05) is 0 Å². The van der Waals surface area contributed by atoms with E-state index in [4.69, 9.17) is 4.42 Å². The highest BCUT2D eigenvalue weighted by Gasteiger charge is 2.35. The van der Waals surface area contributed by atoms with Gasteiger partial charge in [-0.25, -0.2) is 0 Å². The number of amides is 2. The first-order valence-corrected chi connectivity index (χ1v) is 8.38. The number of hydrogen-bond acceptors (Lipinski definition) is 4. The van der Waals surface area contributed by atoms with Crippen molar-refractivity contribution in [3.05, 3.63) is 24.2 Å². The molecule has 1 aromatic heterocycles. The van der Waals surface area contributed by atoms with E-state index in [1.54, 1.807) is 18.2 Å². The van der Waals surface area contributed by atoms with Gasteiger partial charge in [0.05, 0.1) is 17.4 Å². The van der Waals surface area contributed by atoms with Crippen molar-refractivity contribution in [1.82, 2.24) is 9.80 Å².